The molecule has 132 valence electrons. The quantitative estimate of drug-likeness (QED) is 0.485. The Hall–Kier alpha value is -3.10. The van der Waals surface area contributed by atoms with Crippen molar-refractivity contribution in [1.82, 2.24) is 0 Å². The number of alkyl halides is 3. The Morgan fingerprint density at radius 3 is 2.32 bits per heavy atom. The third-order valence-corrected chi connectivity index (χ3v) is 3.43. The second-order valence-electron chi connectivity index (χ2n) is 5.36. The van der Waals surface area contributed by atoms with Gasteiger partial charge in [0.1, 0.15) is 11.4 Å². The first-order valence-corrected chi connectivity index (χ1v) is 7.04. The largest absolute Gasteiger partial charge is 0.507 e. The van der Waals surface area contributed by atoms with Gasteiger partial charge in [0.15, 0.2) is 0 Å². The average molecular weight is 353 g/mol. The summed E-state index contributed by atoms with van der Waals surface area (Å²) in [6.45, 7) is 3.40. The van der Waals surface area contributed by atoms with E-state index in [1.54, 1.807) is 26.0 Å². The fraction of sp³-hybridized carbons (Fsp3) is 0.188. The Bertz CT molecular complexity index is 825. The van der Waals surface area contributed by atoms with Crippen LogP contribution in [-0.4, -0.2) is 16.2 Å². The summed E-state index contributed by atoms with van der Waals surface area (Å²) in [5.41, 5.74) is 2.24. The molecular formula is C16H14F3N3O3. The van der Waals surface area contributed by atoms with E-state index in [1.807, 2.05) is 0 Å². The summed E-state index contributed by atoms with van der Waals surface area (Å²) in [5, 5.41) is 24.5. The SMILES string of the molecule is Cc1cc(/C=N/Nc2ccc(C(F)(F)F)cc2[N+](=O)[O-])cc(C)c1O. The first-order chi connectivity index (χ1) is 11.6. The minimum atomic E-state index is -4.67. The van der Waals surface area contributed by atoms with E-state index in [9.17, 15) is 28.4 Å². The van der Waals surface area contributed by atoms with E-state index in [4.69, 9.17) is 0 Å². The summed E-state index contributed by atoms with van der Waals surface area (Å²) in [6.07, 6.45) is -3.32. The highest BCUT2D eigenvalue weighted by Crippen LogP contribution is 2.35. The number of halogens is 3. The Morgan fingerprint density at radius 2 is 1.80 bits per heavy atom. The van der Waals surface area contributed by atoms with Gasteiger partial charge in [-0.05, 0) is 54.8 Å². The molecule has 0 spiro atoms. The van der Waals surface area contributed by atoms with Gasteiger partial charge >= 0.3 is 6.18 Å². The van der Waals surface area contributed by atoms with Crippen LogP contribution in [0.1, 0.15) is 22.3 Å². The number of nitrogens with one attached hydrogen (secondary N) is 1. The van der Waals surface area contributed by atoms with Crippen LogP contribution in [0.2, 0.25) is 0 Å². The van der Waals surface area contributed by atoms with Crippen LogP contribution in [-0.2, 0) is 6.18 Å². The number of nitro groups is 1. The lowest BCUT2D eigenvalue weighted by Crippen LogP contribution is -2.06. The van der Waals surface area contributed by atoms with Crippen molar-refractivity contribution in [2.24, 2.45) is 5.10 Å². The van der Waals surface area contributed by atoms with E-state index in [0.717, 1.165) is 12.1 Å². The molecule has 0 atom stereocenters. The summed E-state index contributed by atoms with van der Waals surface area (Å²) < 4.78 is 38.0. The first kappa shape index (κ1) is 18.2. The van der Waals surface area contributed by atoms with Crippen molar-refractivity contribution in [3.8, 4) is 5.75 Å². The standard InChI is InChI=1S/C16H14F3N3O3/c1-9-5-11(6-10(2)15(9)23)8-20-21-13-4-3-12(16(17,18)19)7-14(13)22(24)25/h3-8,21,23H,1-2H3/b20-8+. The number of phenols is 1. The van der Waals surface area contributed by atoms with Crippen LogP contribution in [0.4, 0.5) is 24.5 Å². The molecule has 0 fully saturated rings. The molecule has 0 aromatic heterocycles. The normalized spacial score (nSPS) is 11.7. The highest BCUT2D eigenvalue weighted by Gasteiger charge is 2.33. The van der Waals surface area contributed by atoms with Crippen LogP contribution in [0.15, 0.2) is 35.4 Å². The lowest BCUT2D eigenvalue weighted by Gasteiger charge is -2.08. The number of nitrogens with zero attached hydrogens (tertiary/aromatic N) is 2. The molecule has 25 heavy (non-hydrogen) atoms. The number of phenolic OH excluding ortho intramolecular Hbond substituents is 1. The lowest BCUT2D eigenvalue weighted by molar-refractivity contribution is -0.384. The van der Waals surface area contributed by atoms with Crippen LogP contribution in [0.3, 0.4) is 0 Å². The maximum absolute atomic E-state index is 12.7. The predicted octanol–water partition coefficient (Wildman–Crippen LogP) is 4.38. The van der Waals surface area contributed by atoms with Crippen LogP contribution < -0.4 is 5.43 Å². The first-order valence-electron chi connectivity index (χ1n) is 7.04. The highest BCUT2D eigenvalue weighted by atomic mass is 19.4. The van der Waals surface area contributed by atoms with E-state index in [0.29, 0.717) is 22.8 Å². The van der Waals surface area contributed by atoms with Crippen molar-refractivity contribution < 1.29 is 23.2 Å². The van der Waals surface area contributed by atoms with Crippen LogP contribution in [0.5, 0.6) is 5.75 Å². The van der Waals surface area contributed by atoms with E-state index in [2.05, 4.69) is 10.5 Å². The maximum Gasteiger partial charge on any atom is 0.416 e. The molecule has 0 aliphatic rings. The Labute approximate surface area is 140 Å². The number of benzene rings is 2. The lowest BCUT2D eigenvalue weighted by atomic mass is 10.1. The molecule has 0 bridgehead atoms. The van der Waals surface area contributed by atoms with Crippen molar-refractivity contribution in [3.63, 3.8) is 0 Å². The molecular weight excluding hydrogens is 339 g/mol. The molecule has 0 aliphatic carbocycles. The topological polar surface area (TPSA) is 87.8 Å². The number of aromatic hydroxyl groups is 1. The molecule has 0 aliphatic heterocycles. The Kier molecular flexibility index (Phi) is 4.96. The minimum absolute atomic E-state index is 0.156. The van der Waals surface area contributed by atoms with Gasteiger partial charge in [0.25, 0.3) is 5.69 Å². The minimum Gasteiger partial charge on any atom is -0.507 e. The molecule has 0 amide bonds. The molecule has 0 saturated carbocycles. The van der Waals surface area contributed by atoms with E-state index in [1.165, 1.54) is 6.21 Å². The van der Waals surface area contributed by atoms with E-state index < -0.39 is 22.4 Å². The zero-order valence-electron chi connectivity index (χ0n) is 13.3. The van der Waals surface area contributed by atoms with Crippen molar-refractivity contribution in [3.05, 3.63) is 62.7 Å². The highest BCUT2D eigenvalue weighted by molar-refractivity contribution is 5.82. The number of hydrazone groups is 1. The average Bonchev–Trinajstić information content (AvgIpc) is 2.51. The zero-order valence-corrected chi connectivity index (χ0v) is 13.3. The van der Waals surface area contributed by atoms with Gasteiger partial charge < -0.3 is 5.11 Å². The number of rotatable bonds is 4. The molecule has 0 radical (unpaired) electrons. The summed E-state index contributed by atoms with van der Waals surface area (Å²) in [7, 11) is 0. The van der Waals surface area contributed by atoms with Gasteiger partial charge in [-0.2, -0.15) is 18.3 Å². The second-order valence-corrected chi connectivity index (χ2v) is 5.36. The molecule has 0 unspecified atom stereocenters. The molecule has 2 aromatic rings. The maximum atomic E-state index is 12.7. The summed E-state index contributed by atoms with van der Waals surface area (Å²) in [4.78, 5) is 10.1. The van der Waals surface area contributed by atoms with E-state index in [-0.39, 0.29) is 11.4 Å². The van der Waals surface area contributed by atoms with Gasteiger partial charge in [0.2, 0.25) is 0 Å². The summed E-state index contributed by atoms with van der Waals surface area (Å²) in [5.74, 6) is 0.156. The summed E-state index contributed by atoms with van der Waals surface area (Å²) >= 11 is 0. The van der Waals surface area contributed by atoms with E-state index >= 15 is 0 Å². The Balaban J connectivity index is 2.27. The molecule has 0 saturated heterocycles. The number of nitro benzene ring substituents is 1. The summed E-state index contributed by atoms with van der Waals surface area (Å²) in [6, 6.07) is 5.43. The van der Waals surface area contributed by atoms with Gasteiger partial charge in [-0.25, -0.2) is 0 Å². The number of aryl methyl sites for hydroxylation is 2. The third-order valence-electron chi connectivity index (χ3n) is 3.43. The smallest absolute Gasteiger partial charge is 0.416 e. The monoisotopic (exact) mass is 353 g/mol. The van der Waals surface area contributed by atoms with Crippen molar-refractivity contribution in [2.45, 2.75) is 20.0 Å². The van der Waals surface area contributed by atoms with Gasteiger partial charge in [-0.1, -0.05) is 0 Å². The van der Waals surface area contributed by atoms with Gasteiger partial charge in [-0.3, -0.25) is 15.5 Å². The van der Waals surface area contributed by atoms with Gasteiger partial charge in [0.05, 0.1) is 16.7 Å². The molecule has 0 heterocycles. The zero-order chi connectivity index (χ0) is 18.8. The molecule has 2 aromatic carbocycles. The molecule has 2 rings (SSSR count). The number of anilines is 1. The second kappa shape index (κ2) is 6.80. The predicted molar refractivity (Wildman–Crippen MR) is 86.9 cm³/mol. The van der Waals surface area contributed by atoms with Gasteiger partial charge in [-0.15, -0.1) is 0 Å². The van der Waals surface area contributed by atoms with Crippen molar-refractivity contribution in [2.75, 3.05) is 5.43 Å². The number of hydrogen-bond acceptors (Lipinski definition) is 5. The third kappa shape index (κ3) is 4.25. The fourth-order valence-corrected chi connectivity index (χ4v) is 2.19. The van der Waals surface area contributed by atoms with Gasteiger partial charge in [0, 0.05) is 6.07 Å². The molecule has 2 N–H and O–H groups in total. The number of hydrogen-bond donors (Lipinski definition) is 2. The van der Waals surface area contributed by atoms with Crippen molar-refractivity contribution in [1.29, 1.82) is 0 Å². The fourth-order valence-electron chi connectivity index (χ4n) is 2.19. The molecule has 6 nitrogen and oxygen atoms in total. The van der Waals surface area contributed by atoms with Crippen LogP contribution in [0.25, 0.3) is 0 Å². The van der Waals surface area contributed by atoms with Crippen LogP contribution in [0, 0.1) is 24.0 Å². The molecule has 9 heteroatoms. The van der Waals surface area contributed by atoms with Crippen LogP contribution >= 0.6 is 0 Å². The van der Waals surface area contributed by atoms with Crippen molar-refractivity contribution >= 4 is 17.6 Å². The Morgan fingerprint density at radius 1 is 1.20 bits per heavy atom.